The van der Waals surface area contributed by atoms with Crippen LogP contribution >= 0.6 is 23.2 Å². The van der Waals surface area contributed by atoms with Crippen molar-refractivity contribution in [1.82, 2.24) is 15.0 Å². The van der Waals surface area contributed by atoms with Gasteiger partial charge in [0.05, 0.1) is 40.1 Å². The fourth-order valence-corrected chi connectivity index (χ4v) is 7.97. The number of unbranched alkanes of at least 4 members (excludes halogenated alkanes) is 1. The first-order chi connectivity index (χ1) is 29.9. The number of nitrogens with one attached hydrogen (secondary N) is 1. The Morgan fingerprint density at radius 2 is 1.38 bits per heavy atom. The summed E-state index contributed by atoms with van der Waals surface area (Å²) in [6.07, 6.45) is 3.00. The fraction of sp³-hybridized carbons (Fsp3) is 0.372. The van der Waals surface area contributed by atoms with Gasteiger partial charge in [0.25, 0.3) is 20.2 Å². The zero-order valence-corrected chi connectivity index (χ0v) is 38.4. The van der Waals surface area contributed by atoms with Crippen LogP contribution in [0.15, 0.2) is 92.1 Å². The van der Waals surface area contributed by atoms with Crippen molar-refractivity contribution in [3.05, 3.63) is 116 Å². The van der Waals surface area contributed by atoms with Crippen LogP contribution in [0.2, 0.25) is 10.0 Å². The lowest BCUT2D eigenvalue weighted by molar-refractivity contribution is 0.233. The van der Waals surface area contributed by atoms with Gasteiger partial charge in [0.1, 0.15) is 22.3 Å². The summed E-state index contributed by atoms with van der Waals surface area (Å²) in [6.45, 7) is 8.74. The predicted octanol–water partition coefficient (Wildman–Crippen LogP) is 10.5. The van der Waals surface area contributed by atoms with Crippen molar-refractivity contribution >= 4 is 72.1 Å². The maximum absolute atomic E-state index is 11.8. The number of aromatic nitrogens is 3. The summed E-state index contributed by atoms with van der Waals surface area (Å²) in [5.74, 6) is 1.54. The van der Waals surface area contributed by atoms with Crippen LogP contribution < -0.4 is 10.1 Å². The lowest BCUT2D eigenvalue weighted by Gasteiger charge is -2.16. The molecule has 4 N–H and O–H groups in total. The summed E-state index contributed by atoms with van der Waals surface area (Å²) < 4.78 is 71.8. The molecule has 0 radical (unpaired) electrons. The van der Waals surface area contributed by atoms with E-state index in [-0.39, 0.29) is 42.5 Å². The molecule has 0 aliphatic heterocycles. The SMILES string of the molecule is CCCOc1cc(N=Nc2ccc(Cl)cc2)c(C)cc1Cc1nc(Cc2cc(C)c(N=Nc3ccc(Cl)c(S(=O)(=O)O)c3)cc2CCCCS(=O)(=O)O)nc(NCCC(C)CO)n1. The van der Waals surface area contributed by atoms with Gasteiger partial charge in [-0.3, -0.25) is 9.11 Å². The Kier molecular flexibility index (Phi) is 17.6. The van der Waals surface area contributed by atoms with Crippen LogP contribution in [0.5, 0.6) is 5.75 Å². The Morgan fingerprint density at radius 1 is 0.762 bits per heavy atom. The second-order valence-electron chi connectivity index (χ2n) is 15.1. The molecular weight excluding hydrogens is 892 g/mol. The van der Waals surface area contributed by atoms with E-state index in [1.807, 2.05) is 52.0 Å². The Bertz CT molecular complexity index is 2670. The first-order valence-electron chi connectivity index (χ1n) is 20.2. The van der Waals surface area contributed by atoms with Crippen LogP contribution in [0.4, 0.5) is 28.7 Å². The molecular formula is C43H50Cl2N8O8S2. The van der Waals surface area contributed by atoms with E-state index in [0.29, 0.717) is 83.4 Å². The third-order valence-electron chi connectivity index (χ3n) is 9.68. The smallest absolute Gasteiger partial charge is 0.296 e. The van der Waals surface area contributed by atoms with Crippen molar-refractivity contribution in [1.29, 1.82) is 0 Å². The van der Waals surface area contributed by atoms with E-state index in [1.165, 1.54) is 12.1 Å². The molecule has 336 valence electrons. The van der Waals surface area contributed by atoms with Gasteiger partial charge in [0.2, 0.25) is 5.95 Å². The molecule has 0 spiro atoms. The number of azo groups is 2. The van der Waals surface area contributed by atoms with Gasteiger partial charge in [-0.2, -0.15) is 47.3 Å². The maximum Gasteiger partial charge on any atom is 0.296 e. The molecule has 0 saturated heterocycles. The van der Waals surface area contributed by atoms with Crippen LogP contribution in [0.1, 0.15) is 79.0 Å². The molecule has 0 amide bonds. The largest absolute Gasteiger partial charge is 0.493 e. The van der Waals surface area contributed by atoms with Crippen LogP contribution in [-0.4, -0.2) is 71.5 Å². The van der Waals surface area contributed by atoms with Crippen LogP contribution in [0, 0.1) is 19.8 Å². The Morgan fingerprint density at radius 3 is 2.02 bits per heavy atom. The Hall–Kier alpha value is -4.95. The number of anilines is 1. The van der Waals surface area contributed by atoms with E-state index in [0.717, 1.165) is 34.7 Å². The minimum atomic E-state index is -4.61. The van der Waals surface area contributed by atoms with Gasteiger partial charge in [0, 0.05) is 42.6 Å². The molecule has 4 aromatic carbocycles. The van der Waals surface area contributed by atoms with Crippen molar-refractivity contribution in [2.45, 2.75) is 77.5 Å². The molecule has 0 bridgehead atoms. The van der Waals surface area contributed by atoms with Gasteiger partial charge in [-0.1, -0.05) is 43.1 Å². The number of nitrogens with zero attached hydrogens (tertiary/aromatic N) is 7. The lowest BCUT2D eigenvalue weighted by Crippen LogP contribution is -2.15. The number of hydrogen-bond donors (Lipinski definition) is 4. The molecule has 1 atom stereocenters. The number of rotatable bonds is 22. The summed E-state index contributed by atoms with van der Waals surface area (Å²) in [5.41, 5.74) is 5.89. The highest BCUT2D eigenvalue weighted by Gasteiger charge is 2.18. The van der Waals surface area contributed by atoms with Crippen molar-refractivity contribution in [2.24, 2.45) is 26.4 Å². The van der Waals surface area contributed by atoms with Gasteiger partial charge in [-0.05, 0) is 129 Å². The van der Waals surface area contributed by atoms with Gasteiger partial charge >= 0.3 is 0 Å². The summed E-state index contributed by atoms with van der Waals surface area (Å²) in [5, 5.41) is 30.8. The second kappa shape index (κ2) is 22.6. The first-order valence-corrected chi connectivity index (χ1v) is 24.0. The van der Waals surface area contributed by atoms with E-state index < -0.39 is 30.9 Å². The summed E-state index contributed by atoms with van der Waals surface area (Å²) >= 11 is 12.0. The normalized spacial score (nSPS) is 12.7. The quantitative estimate of drug-likeness (QED) is 0.0288. The van der Waals surface area contributed by atoms with Gasteiger partial charge in [-0.15, -0.1) is 0 Å². The maximum atomic E-state index is 11.8. The molecule has 1 unspecified atom stereocenters. The molecule has 20 heteroatoms. The summed E-state index contributed by atoms with van der Waals surface area (Å²) in [6, 6.07) is 18.5. The predicted molar refractivity (Wildman–Crippen MR) is 243 cm³/mol. The first kappa shape index (κ1) is 49.1. The number of aryl methyl sites for hydroxylation is 3. The number of aliphatic hydroxyl groups is 1. The molecule has 63 heavy (non-hydrogen) atoms. The number of halogens is 2. The standard InChI is InChI=1S/C43H50Cl2N8O8S2/c1-5-17-61-39-25-38(53-50-34-11-9-33(44)10-12-34)29(4)20-32(39)23-42-47-41(48-43(49-42)46-16-15-27(2)26-54)22-31-19-28(3)37(21-30(31)8-6-7-18-62(55,56)57)52-51-35-13-14-36(45)40(24-35)63(58,59)60/h9-14,19-21,24-25,27,54H,5-8,15-18,22-23,26H2,1-4H3,(H,55,56,57)(H,58,59,60)(H,46,47,48,49). The highest BCUT2D eigenvalue weighted by atomic mass is 35.5. The van der Waals surface area contributed by atoms with Crippen molar-refractivity contribution in [2.75, 3.05) is 30.8 Å². The fourth-order valence-electron chi connectivity index (χ4n) is 6.28. The van der Waals surface area contributed by atoms with Crippen molar-refractivity contribution in [3.63, 3.8) is 0 Å². The molecule has 5 aromatic rings. The Labute approximate surface area is 377 Å². The second-order valence-corrected chi connectivity index (χ2v) is 18.9. The highest BCUT2D eigenvalue weighted by Crippen LogP contribution is 2.34. The van der Waals surface area contributed by atoms with E-state index in [2.05, 4.69) is 25.8 Å². The number of ether oxygens (including phenoxy) is 1. The minimum absolute atomic E-state index is 0.0394. The monoisotopic (exact) mass is 940 g/mol. The summed E-state index contributed by atoms with van der Waals surface area (Å²) in [7, 11) is -8.77. The summed E-state index contributed by atoms with van der Waals surface area (Å²) in [4.78, 5) is 14.0. The number of aliphatic hydroxyl groups excluding tert-OH is 1. The van der Waals surface area contributed by atoms with E-state index in [1.54, 1.807) is 24.3 Å². The minimum Gasteiger partial charge on any atom is -0.493 e. The number of hydrogen-bond acceptors (Lipinski definition) is 14. The molecule has 1 aromatic heterocycles. The zero-order chi connectivity index (χ0) is 45.7. The van der Waals surface area contributed by atoms with Crippen LogP contribution in [0.3, 0.4) is 0 Å². The number of benzene rings is 4. The van der Waals surface area contributed by atoms with Crippen molar-refractivity contribution < 1.29 is 35.8 Å². The molecule has 0 saturated carbocycles. The molecule has 0 aliphatic rings. The van der Waals surface area contributed by atoms with E-state index in [4.69, 9.17) is 42.9 Å². The molecule has 0 aliphatic carbocycles. The highest BCUT2D eigenvalue weighted by molar-refractivity contribution is 7.86. The third-order valence-corrected chi connectivity index (χ3v) is 12.1. The molecule has 16 nitrogen and oxygen atoms in total. The van der Waals surface area contributed by atoms with Gasteiger partial charge < -0.3 is 15.2 Å². The van der Waals surface area contributed by atoms with Crippen LogP contribution in [0.25, 0.3) is 0 Å². The van der Waals surface area contributed by atoms with E-state index in [9.17, 15) is 31.0 Å². The molecule has 5 rings (SSSR count). The molecule has 1 heterocycles. The average molecular weight is 942 g/mol. The van der Waals surface area contributed by atoms with Gasteiger partial charge in [0.15, 0.2) is 0 Å². The third kappa shape index (κ3) is 15.4. The zero-order valence-electron chi connectivity index (χ0n) is 35.3. The Balaban J connectivity index is 1.52. The average Bonchev–Trinajstić information content (AvgIpc) is 3.22. The van der Waals surface area contributed by atoms with Crippen molar-refractivity contribution in [3.8, 4) is 5.75 Å². The topological polar surface area (TPSA) is 238 Å². The lowest BCUT2D eigenvalue weighted by atomic mass is 9.96. The van der Waals surface area contributed by atoms with Gasteiger partial charge in [-0.25, -0.2) is 4.98 Å². The molecule has 0 fully saturated rings. The van der Waals surface area contributed by atoms with E-state index >= 15 is 0 Å². The van der Waals surface area contributed by atoms with Crippen LogP contribution in [-0.2, 0) is 39.5 Å².